The summed E-state index contributed by atoms with van der Waals surface area (Å²) in [5.74, 6) is 0.702. The van der Waals surface area contributed by atoms with Gasteiger partial charge in [0.15, 0.2) is 0 Å². The fourth-order valence-corrected chi connectivity index (χ4v) is 3.28. The van der Waals surface area contributed by atoms with Crippen LogP contribution >= 0.6 is 0 Å². The van der Waals surface area contributed by atoms with Crippen LogP contribution in [0.2, 0.25) is 0 Å². The highest BCUT2D eigenvalue weighted by atomic mass is 16.6. The van der Waals surface area contributed by atoms with Crippen molar-refractivity contribution in [3.63, 3.8) is 0 Å². The molecule has 1 aromatic rings. The van der Waals surface area contributed by atoms with Crippen LogP contribution in [0.1, 0.15) is 17.3 Å². The number of carbonyl (C=O) groups excluding carboxylic acids is 2. The standard InChI is InChI=1S/C19H29N5O4/c1-2-28-19(26)24-9-7-23(8-10-24)18(25)16-3-4-17(21-15-16)20-5-6-22-11-13-27-14-12-22/h3-4,15H,2,5-14H2,1H3,(H,20,21). The first-order valence-corrected chi connectivity index (χ1v) is 9.88. The molecule has 0 atom stereocenters. The van der Waals surface area contributed by atoms with Crippen LogP contribution in [-0.4, -0.2) is 104 Å². The highest BCUT2D eigenvalue weighted by Gasteiger charge is 2.25. The Morgan fingerprint density at radius 1 is 1.11 bits per heavy atom. The van der Waals surface area contributed by atoms with Crippen LogP contribution in [-0.2, 0) is 9.47 Å². The first-order chi connectivity index (χ1) is 13.7. The topological polar surface area (TPSA) is 87.2 Å². The molecule has 1 N–H and O–H groups in total. The van der Waals surface area contributed by atoms with Crippen molar-refractivity contribution < 1.29 is 19.1 Å². The van der Waals surface area contributed by atoms with Gasteiger partial charge in [-0.05, 0) is 19.1 Å². The van der Waals surface area contributed by atoms with Gasteiger partial charge in [0.25, 0.3) is 5.91 Å². The Morgan fingerprint density at radius 2 is 1.82 bits per heavy atom. The van der Waals surface area contributed by atoms with Crippen LogP contribution < -0.4 is 5.32 Å². The molecule has 2 fully saturated rings. The second-order valence-corrected chi connectivity index (χ2v) is 6.79. The lowest BCUT2D eigenvalue weighted by atomic mass is 10.2. The molecule has 154 valence electrons. The first kappa shape index (κ1) is 20.3. The molecular formula is C19H29N5O4. The third-order valence-electron chi connectivity index (χ3n) is 4.94. The van der Waals surface area contributed by atoms with E-state index in [1.165, 1.54) is 0 Å². The second-order valence-electron chi connectivity index (χ2n) is 6.79. The average Bonchev–Trinajstić information content (AvgIpc) is 2.75. The minimum absolute atomic E-state index is 0.0594. The molecular weight excluding hydrogens is 362 g/mol. The summed E-state index contributed by atoms with van der Waals surface area (Å²) in [6.45, 7) is 9.37. The van der Waals surface area contributed by atoms with E-state index in [1.54, 1.807) is 29.0 Å². The van der Waals surface area contributed by atoms with Crippen molar-refractivity contribution in [2.45, 2.75) is 6.92 Å². The van der Waals surface area contributed by atoms with Crippen molar-refractivity contribution in [3.8, 4) is 0 Å². The number of rotatable bonds is 6. The Balaban J connectivity index is 1.43. The van der Waals surface area contributed by atoms with Crippen LogP contribution in [0, 0.1) is 0 Å². The van der Waals surface area contributed by atoms with Crippen molar-refractivity contribution in [2.24, 2.45) is 0 Å². The van der Waals surface area contributed by atoms with Gasteiger partial charge in [-0.2, -0.15) is 0 Å². The molecule has 9 nitrogen and oxygen atoms in total. The van der Waals surface area contributed by atoms with E-state index in [9.17, 15) is 9.59 Å². The predicted octanol–water partition coefficient (Wildman–Crippen LogP) is 0.740. The molecule has 2 aliphatic rings. The molecule has 0 bridgehead atoms. The second kappa shape index (κ2) is 10.2. The maximum atomic E-state index is 12.6. The molecule has 0 aliphatic carbocycles. The molecule has 3 rings (SSSR count). The minimum Gasteiger partial charge on any atom is -0.450 e. The van der Waals surface area contributed by atoms with E-state index in [0.717, 1.165) is 45.2 Å². The van der Waals surface area contributed by atoms with Crippen molar-refractivity contribution in [3.05, 3.63) is 23.9 Å². The highest BCUT2D eigenvalue weighted by molar-refractivity contribution is 5.94. The van der Waals surface area contributed by atoms with Gasteiger partial charge in [-0.25, -0.2) is 9.78 Å². The number of nitrogens with one attached hydrogen (secondary N) is 1. The summed E-state index contributed by atoms with van der Waals surface area (Å²) in [5, 5.41) is 3.29. The smallest absolute Gasteiger partial charge is 0.409 e. The van der Waals surface area contributed by atoms with Crippen LogP contribution in [0.4, 0.5) is 10.6 Å². The summed E-state index contributed by atoms with van der Waals surface area (Å²) in [4.78, 5) is 34.5. The molecule has 2 aliphatic heterocycles. The molecule has 0 aromatic carbocycles. The van der Waals surface area contributed by atoms with Gasteiger partial charge in [-0.3, -0.25) is 9.69 Å². The number of morpholine rings is 1. The maximum absolute atomic E-state index is 12.6. The Bertz CT molecular complexity index is 640. The molecule has 28 heavy (non-hydrogen) atoms. The van der Waals surface area contributed by atoms with E-state index >= 15 is 0 Å². The number of pyridine rings is 1. The average molecular weight is 391 g/mol. The van der Waals surface area contributed by atoms with Gasteiger partial charge in [-0.1, -0.05) is 0 Å². The van der Waals surface area contributed by atoms with Crippen LogP contribution in [0.25, 0.3) is 0 Å². The summed E-state index contributed by atoms with van der Waals surface area (Å²) < 4.78 is 10.3. The van der Waals surface area contributed by atoms with E-state index in [-0.39, 0.29) is 12.0 Å². The molecule has 0 radical (unpaired) electrons. The zero-order valence-corrected chi connectivity index (χ0v) is 16.4. The SMILES string of the molecule is CCOC(=O)N1CCN(C(=O)c2ccc(NCCN3CCOCC3)nc2)CC1. The zero-order valence-electron chi connectivity index (χ0n) is 16.4. The Kier molecular flexibility index (Phi) is 7.44. The number of nitrogens with zero attached hydrogens (tertiary/aromatic N) is 4. The quantitative estimate of drug-likeness (QED) is 0.765. The van der Waals surface area contributed by atoms with Gasteiger partial charge in [0.2, 0.25) is 0 Å². The number of hydrogen-bond donors (Lipinski definition) is 1. The molecule has 0 unspecified atom stereocenters. The normalized spacial score (nSPS) is 18.0. The van der Waals surface area contributed by atoms with E-state index in [0.29, 0.717) is 38.3 Å². The Labute approximate surface area is 165 Å². The monoisotopic (exact) mass is 391 g/mol. The summed E-state index contributed by atoms with van der Waals surface area (Å²) in [6.07, 6.45) is 1.29. The van der Waals surface area contributed by atoms with Crippen molar-refractivity contribution in [1.29, 1.82) is 0 Å². The van der Waals surface area contributed by atoms with E-state index in [4.69, 9.17) is 9.47 Å². The number of aromatic nitrogens is 1. The maximum Gasteiger partial charge on any atom is 0.409 e. The summed E-state index contributed by atoms with van der Waals surface area (Å²) in [5.41, 5.74) is 0.559. The van der Waals surface area contributed by atoms with Gasteiger partial charge in [0.05, 0.1) is 25.4 Å². The summed E-state index contributed by atoms with van der Waals surface area (Å²) in [6, 6.07) is 3.63. The van der Waals surface area contributed by atoms with Gasteiger partial charge in [-0.15, -0.1) is 0 Å². The highest BCUT2D eigenvalue weighted by Crippen LogP contribution is 2.11. The van der Waals surface area contributed by atoms with E-state index in [1.807, 2.05) is 6.07 Å². The first-order valence-electron chi connectivity index (χ1n) is 9.88. The lowest BCUT2D eigenvalue weighted by Gasteiger charge is -2.34. The number of piperazine rings is 1. The predicted molar refractivity (Wildman–Crippen MR) is 104 cm³/mol. The summed E-state index contributed by atoms with van der Waals surface area (Å²) in [7, 11) is 0. The number of anilines is 1. The minimum atomic E-state index is -0.316. The molecule has 3 heterocycles. The molecule has 1 aromatic heterocycles. The van der Waals surface area contributed by atoms with E-state index in [2.05, 4.69) is 15.2 Å². The van der Waals surface area contributed by atoms with Gasteiger partial charge < -0.3 is 24.6 Å². The van der Waals surface area contributed by atoms with E-state index < -0.39 is 0 Å². The van der Waals surface area contributed by atoms with Crippen LogP contribution in [0.15, 0.2) is 18.3 Å². The van der Waals surface area contributed by atoms with Gasteiger partial charge in [0.1, 0.15) is 5.82 Å². The molecule has 2 saturated heterocycles. The molecule has 2 amide bonds. The van der Waals surface area contributed by atoms with Crippen molar-refractivity contribution >= 4 is 17.8 Å². The fraction of sp³-hybridized carbons (Fsp3) is 0.632. The summed E-state index contributed by atoms with van der Waals surface area (Å²) >= 11 is 0. The molecule has 0 spiro atoms. The number of hydrogen-bond acceptors (Lipinski definition) is 7. The van der Waals surface area contributed by atoms with Crippen LogP contribution in [0.5, 0.6) is 0 Å². The molecule has 9 heteroatoms. The number of amides is 2. The van der Waals surface area contributed by atoms with Crippen LogP contribution in [0.3, 0.4) is 0 Å². The zero-order chi connectivity index (χ0) is 19.8. The Morgan fingerprint density at radius 3 is 2.46 bits per heavy atom. The van der Waals surface area contributed by atoms with Crippen molar-refractivity contribution in [1.82, 2.24) is 19.7 Å². The number of carbonyl (C=O) groups is 2. The fourth-order valence-electron chi connectivity index (χ4n) is 3.28. The third-order valence-corrected chi connectivity index (χ3v) is 4.94. The molecule has 0 saturated carbocycles. The lowest BCUT2D eigenvalue weighted by Crippen LogP contribution is -2.50. The largest absolute Gasteiger partial charge is 0.450 e. The van der Waals surface area contributed by atoms with Gasteiger partial charge >= 0.3 is 6.09 Å². The Hall–Kier alpha value is -2.39. The van der Waals surface area contributed by atoms with Crippen molar-refractivity contribution in [2.75, 3.05) is 77.5 Å². The number of ether oxygens (including phenoxy) is 2. The van der Waals surface area contributed by atoms with Gasteiger partial charge in [0, 0.05) is 58.6 Å². The third kappa shape index (κ3) is 5.56. The lowest BCUT2D eigenvalue weighted by molar-refractivity contribution is 0.0398.